The van der Waals surface area contributed by atoms with Crippen LogP contribution in [0, 0.1) is 0 Å². The molecule has 0 N–H and O–H groups in total. The van der Waals surface area contributed by atoms with Gasteiger partial charge in [0, 0.05) is 0 Å². The number of ether oxygens (including phenoxy) is 1. The Morgan fingerprint density at radius 2 is 2.00 bits per heavy atom. The van der Waals surface area contributed by atoms with Gasteiger partial charge < -0.3 is 4.74 Å². The van der Waals surface area contributed by atoms with Gasteiger partial charge in [-0.1, -0.05) is 42.5 Å². The second-order valence-electron chi connectivity index (χ2n) is 4.14. The fraction of sp³-hybridized carbons (Fsp3) is 0.133. The summed E-state index contributed by atoms with van der Waals surface area (Å²) >= 11 is 0.809. The lowest BCUT2D eigenvalue weighted by Gasteiger charge is -2.09. The van der Waals surface area contributed by atoms with Crippen molar-refractivity contribution >= 4 is 35.0 Å². The highest BCUT2D eigenvalue weighted by molar-refractivity contribution is 8.18. The summed E-state index contributed by atoms with van der Waals surface area (Å²) in [6.45, 7) is -0.360. The molecular weight excluding hydrogens is 290 g/mol. The number of carbonyl (C=O) groups is 3. The molecule has 1 aromatic carbocycles. The Balaban J connectivity index is 2.06. The zero-order valence-electron chi connectivity index (χ0n) is 11.3. The Kier molecular flexibility index (Phi) is 4.94. The van der Waals surface area contributed by atoms with E-state index in [0.717, 1.165) is 22.2 Å². The quantitative estimate of drug-likeness (QED) is 0.631. The predicted octanol–water partition coefficient (Wildman–Crippen LogP) is 2.45. The zero-order chi connectivity index (χ0) is 15.2. The molecule has 0 aromatic heterocycles. The molecule has 0 aliphatic carbocycles. The molecule has 0 radical (unpaired) electrons. The molecule has 2 amide bonds. The lowest BCUT2D eigenvalue weighted by Crippen LogP contribution is -2.34. The third kappa shape index (κ3) is 3.82. The average molecular weight is 303 g/mol. The summed E-state index contributed by atoms with van der Waals surface area (Å²) < 4.78 is 4.46. The number of thioether (sulfide) groups is 1. The van der Waals surface area contributed by atoms with E-state index in [2.05, 4.69) is 4.74 Å². The van der Waals surface area contributed by atoms with Crippen molar-refractivity contribution in [2.75, 3.05) is 13.7 Å². The van der Waals surface area contributed by atoms with E-state index >= 15 is 0 Å². The number of carbonyl (C=O) groups excluding carboxylic acids is 3. The average Bonchev–Trinajstić information content (AvgIpc) is 2.76. The second-order valence-corrected chi connectivity index (χ2v) is 5.13. The molecule has 1 heterocycles. The summed E-state index contributed by atoms with van der Waals surface area (Å²) in [7, 11) is 1.21. The zero-order valence-corrected chi connectivity index (χ0v) is 12.1. The third-order valence-electron chi connectivity index (χ3n) is 2.72. The number of imide groups is 1. The van der Waals surface area contributed by atoms with Crippen LogP contribution in [0.25, 0.3) is 6.08 Å². The topological polar surface area (TPSA) is 63.7 Å². The monoisotopic (exact) mass is 303 g/mol. The van der Waals surface area contributed by atoms with E-state index in [-0.39, 0.29) is 11.4 Å². The van der Waals surface area contributed by atoms with Gasteiger partial charge in [-0.3, -0.25) is 19.3 Å². The maximum Gasteiger partial charge on any atom is 0.325 e. The van der Waals surface area contributed by atoms with Gasteiger partial charge in [0.2, 0.25) is 0 Å². The van der Waals surface area contributed by atoms with Gasteiger partial charge in [0.05, 0.1) is 12.0 Å². The van der Waals surface area contributed by atoms with Crippen LogP contribution in [0.4, 0.5) is 4.79 Å². The van der Waals surface area contributed by atoms with E-state index in [1.54, 1.807) is 12.2 Å². The number of amides is 2. The number of esters is 1. The molecule has 0 unspecified atom stereocenters. The van der Waals surface area contributed by atoms with Crippen LogP contribution in [0.3, 0.4) is 0 Å². The van der Waals surface area contributed by atoms with E-state index in [0.29, 0.717) is 0 Å². The van der Waals surface area contributed by atoms with Gasteiger partial charge in [-0.15, -0.1) is 0 Å². The van der Waals surface area contributed by atoms with Crippen LogP contribution in [-0.4, -0.2) is 35.7 Å². The lowest BCUT2D eigenvalue weighted by atomic mass is 10.2. The summed E-state index contributed by atoms with van der Waals surface area (Å²) in [4.78, 5) is 36.0. The Hall–Kier alpha value is -2.34. The number of rotatable bonds is 4. The Morgan fingerprint density at radius 3 is 2.67 bits per heavy atom. The van der Waals surface area contributed by atoms with Crippen molar-refractivity contribution in [1.82, 2.24) is 4.90 Å². The highest BCUT2D eigenvalue weighted by Gasteiger charge is 2.36. The van der Waals surface area contributed by atoms with Crippen LogP contribution in [-0.2, 0) is 14.3 Å². The van der Waals surface area contributed by atoms with Crippen molar-refractivity contribution in [3.63, 3.8) is 0 Å². The molecule has 5 nitrogen and oxygen atoms in total. The SMILES string of the molecule is COC(=O)CN1C(=O)S/C(=C/C=C\c2ccccc2)C1=O. The minimum atomic E-state index is -0.627. The van der Waals surface area contributed by atoms with Crippen LogP contribution in [0.1, 0.15) is 5.56 Å². The molecule has 108 valence electrons. The van der Waals surface area contributed by atoms with Crippen LogP contribution in [0.15, 0.2) is 47.4 Å². The van der Waals surface area contributed by atoms with Crippen LogP contribution >= 0.6 is 11.8 Å². The van der Waals surface area contributed by atoms with Gasteiger partial charge >= 0.3 is 5.97 Å². The predicted molar refractivity (Wildman–Crippen MR) is 80.3 cm³/mol. The molecule has 21 heavy (non-hydrogen) atoms. The van der Waals surface area contributed by atoms with E-state index < -0.39 is 17.1 Å². The van der Waals surface area contributed by atoms with E-state index in [1.165, 1.54) is 7.11 Å². The molecule has 0 spiro atoms. The first-order valence-electron chi connectivity index (χ1n) is 6.15. The number of benzene rings is 1. The molecule has 2 rings (SSSR count). The van der Waals surface area contributed by atoms with Crippen LogP contribution < -0.4 is 0 Å². The molecule has 1 aromatic rings. The van der Waals surface area contributed by atoms with Crippen molar-refractivity contribution in [2.24, 2.45) is 0 Å². The Bertz CT molecular complexity index is 622. The number of allylic oxidation sites excluding steroid dienone is 2. The molecule has 1 aliphatic rings. The fourth-order valence-corrected chi connectivity index (χ4v) is 2.44. The number of hydrogen-bond acceptors (Lipinski definition) is 5. The molecule has 0 atom stereocenters. The highest BCUT2D eigenvalue weighted by atomic mass is 32.2. The smallest absolute Gasteiger partial charge is 0.325 e. The molecule has 6 heteroatoms. The Labute approximate surface area is 126 Å². The van der Waals surface area contributed by atoms with Crippen molar-refractivity contribution in [3.05, 3.63) is 53.0 Å². The van der Waals surface area contributed by atoms with E-state index in [9.17, 15) is 14.4 Å². The van der Waals surface area contributed by atoms with Gasteiger partial charge in [0.25, 0.3) is 11.1 Å². The molecule has 1 aliphatic heterocycles. The first kappa shape index (κ1) is 15.1. The van der Waals surface area contributed by atoms with Crippen molar-refractivity contribution < 1.29 is 19.1 Å². The first-order valence-corrected chi connectivity index (χ1v) is 6.97. The standard InChI is InChI=1S/C15H13NO4S/c1-20-13(17)10-16-14(18)12(21-15(16)19)9-5-8-11-6-3-2-4-7-11/h2-9H,10H2,1H3/b8-5-,12-9+. The molecule has 0 saturated carbocycles. The maximum absolute atomic E-state index is 12.0. The van der Waals surface area contributed by atoms with Gasteiger partial charge in [-0.05, 0) is 23.4 Å². The normalized spacial score (nSPS) is 17.0. The maximum atomic E-state index is 12.0. The third-order valence-corrected chi connectivity index (χ3v) is 3.65. The van der Waals surface area contributed by atoms with Crippen LogP contribution in [0.5, 0.6) is 0 Å². The Morgan fingerprint density at radius 1 is 1.29 bits per heavy atom. The first-order chi connectivity index (χ1) is 10.1. The minimum Gasteiger partial charge on any atom is -0.468 e. The minimum absolute atomic E-state index is 0.288. The van der Waals surface area contributed by atoms with Crippen LogP contribution in [0.2, 0.25) is 0 Å². The number of hydrogen-bond donors (Lipinski definition) is 0. The largest absolute Gasteiger partial charge is 0.468 e. The summed E-state index contributed by atoms with van der Waals surface area (Å²) in [5.41, 5.74) is 0.988. The number of methoxy groups -OCH3 is 1. The summed E-state index contributed by atoms with van der Waals surface area (Å²) in [5, 5.41) is -0.468. The summed E-state index contributed by atoms with van der Waals surface area (Å²) in [6, 6.07) is 9.57. The van der Waals surface area contributed by atoms with Crippen molar-refractivity contribution in [2.45, 2.75) is 0 Å². The van der Waals surface area contributed by atoms with E-state index in [1.807, 2.05) is 36.4 Å². The number of nitrogens with zero attached hydrogens (tertiary/aromatic N) is 1. The van der Waals surface area contributed by atoms with Crippen molar-refractivity contribution in [1.29, 1.82) is 0 Å². The van der Waals surface area contributed by atoms with E-state index in [4.69, 9.17) is 0 Å². The summed E-state index contributed by atoms with van der Waals surface area (Å²) in [5.74, 6) is -1.11. The lowest BCUT2D eigenvalue weighted by molar-refractivity contribution is -0.143. The molecule has 1 fully saturated rings. The van der Waals surface area contributed by atoms with Gasteiger partial charge in [0.15, 0.2) is 0 Å². The highest BCUT2D eigenvalue weighted by Crippen LogP contribution is 2.30. The molecule has 0 bridgehead atoms. The second kappa shape index (κ2) is 6.90. The van der Waals surface area contributed by atoms with Gasteiger partial charge in [-0.25, -0.2) is 0 Å². The molecule has 1 saturated heterocycles. The fourth-order valence-electron chi connectivity index (χ4n) is 1.65. The summed E-state index contributed by atoms with van der Waals surface area (Å²) in [6.07, 6.45) is 5.09. The molecular formula is C15H13NO4S. The van der Waals surface area contributed by atoms with Crippen molar-refractivity contribution in [3.8, 4) is 0 Å². The van der Waals surface area contributed by atoms with Gasteiger partial charge in [0.1, 0.15) is 6.54 Å². The van der Waals surface area contributed by atoms with Gasteiger partial charge in [-0.2, -0.15) is 0 Å².